The van der Waals surface area contributed by atoms with Crippen LogP contribution in [0, 0.1) is 0 Å². The van der Waals surface area contributed by atoms with Crippen LogP contribution in [0.5, 0.6) is 0 Å². The molecule has 13 heavy (non-hydrogen) atoms. The van der Waals surface area contributed by atoms with Gasteiger partial charge in [-0.3, -0.25) is 0 Å². The van der Waals surface area contributed by atoms with Crippen LogP contribution in [0.25, 0.3) is 0 Å². The van der Waals surface area contributed by atoms with Crippen molar-refractivity contribution < 1.29 is 0 Å². The molecule has 0 heterocycles. The van der Waals surface area contributed by atoms with Crippen LogP contribution < -0.4 is 0 Å². The number of alkyl halides is 2. The molecule has 72 valence electrons. The molecule has 0 amide bonds. The number of halogens is 2. The van der Waals surface area contributed by atoms with Crippen molar-refractivity contribution in [2.24, 2.45) is 0 Å². The first-order valence-electron chi connectivity index (χ1n) is 4.61. The second-order valence-electron chi connectivity index (χ2n) is 3.12. The summed E-state index contributed by atoms with van der Waals surface area (Å²) < 4.78 is 0. The van der Waals surface area contributed by atoms with E-state index in [9.17, 15) is 0 Å². The van der Waals surface area contributed by atoms with Crippen molar-refractivity contribution >= 4 is 32.7 Å². The molecule has 0 aromatic heterocycles. The maximum absolute atomic E-state index is 5.65. The molecule has 0 spiro atoms. The Labute approximate surface area is 92.1 Å². The summed E-state index contributed by atoms with van der Waals surface area (Å²) >= 11 is 11.3. The zero-order valence-electron chi connectivity index (χ0n) is 7.55. The molecule has 1 aromatic rings. The standard InChI is InChI=1S/C10H14Cl2Si/c11-10(12)6-7-13-8-9-4-2-1-3-5-9/h1-5,10H,6-8,13H2. The Morgan fingerprint density at radius 3 is 2.46 bits per heavy atom. The first-order valence-corrected chi connectivity index (χ1v) is 7.48. The van der Waals surface area contributed by atoms with Gasteiger partial charge in [0.25, 0.3) is 0 Å². The average molecular weight is 233 g/mol. The van der Waals surface area contributed by atoms with Gasteiger partial charge >= 0.3 is 0 Å². The molecule has 1 aromatic carbocycles. The van der Waals surface area contributed by atoms with Gasteiger partial charge in [0.2, 0.25) is 0 Å². The highest BCUT2D eigenvalue weighted by Crippen LogP contribution is 2.10. The molecule has 0 radical (unpaired) electrons. The maximum atomic E-state index is 5.65. The van der Waals surface area contributed by atoms with E-state index >= 15 is 0 Å². The van der Waals surface area contributed by atoms with Crippen molar-refractivity contribution in [2.75, 3.05) is 0 Å². The third-order valence-corrected chi connectivity index (χ3v) is 4.26. The third kappa shape index (κ3) is 5.35. The molecule has 1 rings (SSSR count). The van der Waals surface area contributed by atoms with Gasteiger partial charge in [-0.25, -0.2) is 0 Å². The molecule has 0 bridgehead atoms. The molecule has 3 heteroatoms. The molecular weight excluding hydrogens is 219 g/mol. The van der Waals surface area contributed by atoms with E-state index in [-0.39, 0.29) is 14.4 Å². The van der Waals surface area contributed by atoms with Crippen LogP contribution in [0.15, 0.2) is 30.3 Å². The first-order chi connectivity index (χ1) is 6.29. The van der Waals surface area contributed by atoms with Crippen LogP contribution in [0.1, 0.15) is 12.0 Å². The fourth-order valence-electron chi connectivity index (χ4n) is 1.27. The van der Waals surface area contributed by atoms with Gasteiger partial charge in [-0.2, -0.15) is 0 Å². The molecule has 0 aliphatic heterocycles. The highest BCUT2D eigenvalue weighted by Gasteiger charge is 1.98. The van der Waals surface area contributed by atoms with Gasteiger partial charge in [0.15, 0.2) is 0 Å². The lowest BCUT2D eigenvalue weighted by Crippen LogP contribution is -1.98. The van der Waals surface area contributed by atoms with Crippen LogP contribution >= 0.6 is 23.2 Å². The van der Waals surface area contributed by atoms with Gasteiger partial charge in [-0.05, 0) is 12.5 Å². The van der Waals surface area contributed by atoms with Gasteiger partial charge in [0, 0.05) is 9.52 Å². The highest BCUT2D eigenvalue weighted by atomic mass is 35.5. The predicted molar refractivity (Wildman–Crippen MR) is 63.6 cm³/mol. The Kier molecular flexibility index (Phi) is 5.52. The lowest BCUT2D eigenvalue weighted by molar-refractivity contribution is 1.02. The van der Waals surface area contributed by atoms with Crippen LogP contribution in [-0.2, 0) is 6.04 Å². The molecule has 0 atom stereocenters. The van der Waals surface area contributed by atoms with Crippen molar-refractivity contribution in [3.8, 4) is 0 Å². The van der Waals surface area contributed by atoms with Crippen LogP contribution in [0.3, 0.4) is 0 Å². The van der Waals surface area contributed by atoms with Crippen molar-refractivity contribution in [1.29, 1.82) is 0 Å². The zero-order chi connectivity index (χ0) is 9.52. The van der Waals surface area contributed by atoms with Crippen molar-refractivity contribution in [2.45, 2.75) is 23.3 Å². The normalized spacial score (nSPS) is 11.6. The lowest BCUT2D eigenvalue weighted by Gasteiger charge is -2.01. The molecule has 0 aliphatic carbocycles. The average Bonchev–Trinajstić information content (AvgIpc) is 2.14. The van der Waals surface area contributed by atoms with Crippen LogP contribution in [0.4, 0.5) is 0 Å². The van der Waals surface area contributed by atoms with Gasteiger partial charge < -0.3 is 0 Å². The molecule has 0 saturated carbocycles. The summed E-state index contributed by atoms with van der Waals surface area (Å²) in [7, 11) is 0.00134. The van der Waals surface area contributed by atoms with E-state index in [1.54, 1.807) is 0 Å². The van der Waals surface area contributed by atoms with Crippen molar-refractivity contribution in [3.05, 3.63) is 35.9 Å². The summed E-state index contributed by atoms with van der Waals surface area (Å²) in [6.45, 7) is 0. The summed E-state index contributed by atoms with van der Waals surface area (Å²) in [5.41, 5.74) is 1.45. The molecule has 0 fully saturated rings. The Balaban J connectivity index is 2.13. The number of rotatable bonds is 5. The van der Waals surface area contributed by atoms with E-state index in [4.69, 9.17) is 23.2 Å². The van der Waals surface area contributed by atoms with Gasteiger partial charge in [0.1, 0.15) is 4.84 Å². The second-order valence-corrected chi connectivity index (χ2v) is 6.31. The van der Waals surface area contributed by atoms with E-state index in [1.807, 2.05) is 0 Å². The summed E-state index contributed by atoms with van der Waals surface area (Å²) in [6, 6.07) is 13.1. The Morgan fingerprint density at radius 2 is 1.85 bits per heavy atom. The number of hydrogen-bond donors (Lipinski definition) is 0. The minimum Gasteiger partial charge on any atom is -0.105 e. The van der Waals surface area contributed by atoms with Crippen molar-refractivity contribution in [1.82, 2.24) is 0 Å². The monoisotopic (exact) mass is 232 g/mol. The van der Waals surface area contributed by atoms with E-state index in [0.717, 1.165) is 6.42 Å². The highest BCUT2D eigenvalue weighted by molar-refractivity contribution is 6.44. The van der Waals surface area contributed by atoms with E-state index in [2.05, 4.69) is 30.3 Å². The molecule has 0 aliphatic rings. The van der Waals surface area contributed by atoms with Gasteiger partial charge in [-0.1, -0.05) is 41.9 Å². The van der Waals surface area contributed by atoms with Crippen LogP contribution in [0.2, 0.25) is 6.04 Å². The van der Waals surface area contributed by atoms with Gasteiger partial charge in [0.05, 0.1) is 0 Å². The molecule has 0 unspecified atom stereocenters. The maximum Gasteiger partial charge on any atom is 0.107 e. The topological polar surface area (TPSA) is 0 Å². The smallest absolute Gasteiger partial charge is 0.105 e. The van der Waals surface area contributed by atoms with E-state index in [1.165, 1.54) is 17.7 Å². The fourth-order valence-corrected chi connectivity index (χ4v) is 3.79. The summed E-state index contributed by atoms with van der Waals surface area (Å²) in [6.07, 6.45) is 0.960. The largest absolute Gasteiger partial charge is 0.107 e. The fraction of sp³-hybridized carbons (Fsp3) is 0.400. The Hall–Kier alpha value is 0.0169. The second kappa shape index (κ2) is 6.47. The molecule has 0 saturated heterocycles. The third-order valence-electron chi connectivity index (χ3n) is 1.98. The molecule has 0 nitrogen and oxygen atoms in total. The SMILES string of the molecule is ClC(Cl)CC[SiH2]Cc1ccccc1. The van der Waals surface area contributed by atoms with Crippen LogP contribution in [-0.4, -0.2) is 14.4 Å². The van der Waals surface area contributed by atoms with E-state index < -0.39 is 0 Å². The quantitative estimate of drug-likeness (QED) is 0.416. The minimum atomic E-state index is -0.164. The Morgan fingerprint density at radius 1 is 1.15 bits per heavy atom. The summed E-state index contributed by atoms with van der Waals surface area (Å²) in [5, 5.41) is 0. The predicted octanol–water partition coefficient (Wildman–Crippen LogP) is 2.97. The van der Waals surface area contributed by atoms with Gasteiger partial charge in [-0.15, -0.1) is 23.2 Å². The zero-order valence-corrected chi connectivity index (χ0v) is 10.5. The lowest BCUT2D eigenvalue weighted by atomic mass is 10.2. The van der Waals surface area contributed by atoms with E-state index in [0.29, 0.717) is 0 Å². The molecular formula is C10H14Cl2Si. The molecule has 0 N–H and O–H groups in total. The summed E-state index contributed by atoms with van der Waals surface area (Å²) in [4.78, 5) is -0.164. The Bertz CT molecular complexity index is 224. The number of benzene rings is 1. The minimum absolute atomic E-state index is 0.00134. The van der Waals surface area contributed by atoms with Crippen molar-refractivity contribution in [3.63, 3.8) is 0 Å². The summed E-state index contributed by atoms with van der Waals surface area (Å²) in [5.74, 6) is 0. The number of hydrogen-bond acceptors (Lipinski definition) is 0. The first kappa shape index (κ1) is 11.1.